The molecule has 4 aromatic rings. The molecule has 4 heteroatoms. The average molecular weight is 375 g/mol. The summed E-state index contributed by atoms with van der Waals surface area (Å²) in [7, 11) is 1.84. The molecule has 27 heavy (non-hydrogen) atoms. The number of pyridine rings is 1. The van der Waals surface area contributed by atoms with Crippen LogP contribution in [0.2, 0.25) is 0 Å². The summed E-state index contributed by atoms with van der Waals surface area (Å²) in [4.78, 5) is 14.4. The van der Waals surface area contributed by atoms with Crippen LogP contribution in [0.3, 0.4) is 0 Å². The maximum atomic E-state index is 11.8. The van der Waals surface area contributed by atoms with Gasteiger partial charge in [-0.1, -0.05) is 24.3 Å². The first-order valence-electron chi connectivity index (χ1n) is 9.51. The summed E-state index contributed by atoms with van der Waals surface area (Å²) in [6.45, 7) is 2.19. The van der Waals surface area contributed by atoms with E-state index < -0.39 is 0 Å². The normalized spacial score (nSPS) is 15.7. The molecule has 5 rings (SSSR count). The van der Waals surface area contributed by atoms with Gasteiger partial charge >= 0.3 is 0 Å². The molecule has 0 amide bonds. The highest BCUT2D eigenvalue weighted by atomic mass is 32.1. The lowest BCUT2D eigenvalue weighted by atomic mass is 9.88. The molecule has 0 radical (unpaired) electrons. The van der Waals surface area contributed by atoms with Gasteiger partial charge in [-0.05, 0) is 54.0 Å². The van der Waals surface area contributed by atoms with Gasteiger partial charge < -0.3 is 9.47 Å². The molecular weight excluding hydrogens is 352 g/mol. The first-order valence-corrected chi connectivity index (χ1v) is 10.4. The van der Waals surface area contributed by atoms with Crippen molar-refractivity contribution in [1.29, 1.82) is 0 Å². The van der Waals surface area contributed by atoms with Crippen molar-refractivity contribution in [3.63, 3.8) is 0 Å². The minimum atomic E-state index is 0.0477. The zero-order valence-corrected chi connectivity index (χ0v) is 16.2. The molecule has 1 aliphatic rings. The molecule has 0 saturated carbocycles. The summed E-state index contributed by atoms with van der Waals surface area (Å²) in [5.41, 5.74) is 3.85. The number of hydrogen-bond donors (Lipinski definition) is 0. The van der Waals surface area contributed by atoms with Crippen molar-refractivity contribution in [2.45, 2.75) is 18.8 Å². The fraction of sp³-hybridized carbons (Fsp3) is 0.261. The molecule has 3 heterocycles. The predicted molar refractivity (Wildman–Crippen MR) is 115 cm³/mol. The Hall–Kier alpha value is -2.59. The van der Waals surface area contributed by atoms with E-state index in [0.717, 1.165) is 24.0 Å². The third-order valence-corrected chi connectivity index (χ3v) is 6.87. The molecule has 136 valence electrons. The van der Waals surface area contributed by atoms with Crippen molar-refractivity contribution < 1.29 is 0 Å². The zero-order chi connectivity index (χ0) is 18.4. The lowest BCUT2D eigenvalue weighted by Crippen LogP contribution is -2.32. The van der Waals surface area contributed by atoms with Crippen LogP contribution in [0, 0.1) is 0 Å². The van der Waals surface area contributed by atoms with E-state index in [0.29, 0.717) is 5.92 Å². The Bertz CT molecular complexity index is 1180. The number of nitrogens with zero attached hydrogens (tertiary/aromatic N) is 2. The minimum Gasteiger partial charge on any atom is -0.370 e. The maximum absolute atomic E-state index is 11.8. The molecular formula is C23H22N2OS. The lowest BCUT2D eigenvalue weighted by Gasteiger charge is -2.33. The third kappa shape index (κ3) is 2.85. The van der Waals surface area contributed by atoms with Crippen molar-refractivity contribution in [3.8, 4) is 0 Å². The quantitative estimate of drug-likeness (QED) is 0.485. The van der Waals surface area contributed by atoms with Gasteiger partial charge in [0, 0.05) is 41.7 Å². The summed E-state index contributed by atoms with van der Waals surface area (Å²) in [5, 5.41) is 4.84. The summed E-state index contributed by atoms with van der Waals surface area (Å²) < 4.78 is 3.10. The standard InChI is InChI=1S/C23H22N2OS/c1-24-20-8-6-17(14-18(20)7-9-23(24)26)16-10-12-25(13-11-16)21-15-27-22-5-3-2-4-19(21)22/h2-9,14-16H,10-13H2,1H3. The van der Waals surface area contributed by atoms with E-state index in [9.17, 15) is 4.79 Å². The van der Waals surface area contributed by atoms with Crippen LogP contribution in [0.25, 0.3) is 21.0 Å². The summed E-state index contributed by atoms with van der Waals surface area (Å²) in [5.74, 6) is 0.591. The SMILES string of the molecule is Cn1c(=O)ccc2cc(C3CCN(c4csc5ccccc45)CC3)ccc21. The number of thiophene rings is 1. The average Bonchev–Trinajstić information content (AvgIpc) is 3.15. The van der Waals surface area contributed by atoms with Crippen molar-refractivity contribution in [2.75, 3.05) is 18.0 Å². The number of aromatic nitrogens is 1. The monoisotopic (exact) mass is 374 g/mol. The Kier molecular flexibility index (Phi) is 4.01. The highest BCUT2D eigenvalue weighted by Crippen LogP contribution is 2.37. The highest BCUT2D eigenvalue weighted by Gasteiger charge is 2.22. The summed E-state index contributed by atoms with van der Waals surface area (Å²) >= 11 is 1.84. The number of aryl methyl sites for hydroxylation is 1. The molecule has 0 bridgehead atoms. The van der Waals surface area contributed by atoms with Crippen molar-refractivity contribution >= 4 is 38.0 Å². The lowest BCUT2D eigenvalue weighted by molar-refractivity contribution is 0.507. The molecule has 1 aliphatic heterocycles. The van der Waals surface area contributed by atoms with Crippen LogP contribution in [-0.4, -0.2) is 17.7 Å². The molecule has 1 saturated heterocycles. The topological polar surface area (TPSA) is 25.2 Å². The van der Waals surface area contributed by atoms with E-state index in [1.54, 1.807) is 10.6 Å². The van der Waals surface area contributed by atoms with E-state index in [-0.39, 0.29) is 5.56 Å². The van der Waals surface area contributed by atoms with Gasteiger partial charge in [-0.25, -0.2) is 0 Å². The predicted octanol–water partition coefficient (Wildman–Crippen LogP) is 5.14. The number of hydrogen-bond acceptors (Lipinski definition) is 3. The Labute approximate surface area is 162 Å². The Morgan fingerprint density at radius 3 is 2.67 bits per heavy atom. The van der Waals surface area contributed by atoms with Crippen LogP contribution in [-0.2, 0) is 7.05 Å². The molecule has 2 aromatic carbocycles. The van der Waals surface area contributed by atoms with Crippen LogP contribution in [0.15, 0.2) is 64.8 Å². The molecule has 0 atom stereocenters. The maximum Gasteiger partial charge on any atom is 0.250 e. The van der Waals surface area contributed by atoms with Gasteiger partial charge in [-0.2, -0.15) is 0 Å². The second-order valence-electron chi connectivity index (χ2n) is 7.43. The Morgan fingerprint density at radius 1 is 1.00 bits per heavy atom. The molecule has 0 aliphatic carbocycles. The van der Waals surface area contributed by atoms with Crippen LogP contribution in [0.1, 0.15) is 24.3 Å². The fourth-order valence-corrected chi connectivity index (χ4v) is 5.29. The van der Waals surface area contributed by atoms with E-state index >= 15 is 0 Å². The number of rotatable bonds is 2. The van der Waals surface area contributed by atoms with E-state index in [1.807, 2.05) is 24.5 Å². The first-order chi connectivity index (χ1) is 13.2. The molecule has 3 nitrogen and oxygen atoms in total. The minimum absolute atomic E-state index is 0.0477. The molecule has 0 spiro atoms. The van der Waals surface area contributed by atoms with Gasteiger partial charge in [0.2, 0.25) is 0 Å². The second-order valence-corrected chi connectivity index (χ2v) is 8.34. The molecule has 1 fully saturated rings. The molecule has 2 aromatic heterocycles. The van der Waals surface area contributed by atoms with Crippen LogP contribution in [0.5, 0.6) is 0 Å². The Morgan fingerprint density at radius 2 is 1.81 bits per heavy atom. The number of anilines is 1. The van der Waals surface area contributed by atoms with Gasteiger partial charge in [0.1, 0.15) is 0 Å². The van der Waals surface area contributed by atoms with Gasteiger partial charge in [-0.15, -0.1) is 11.3 Å². The Balaban J connectivity index is 1.38. The van der Waals surface area contributed by atoms with Crippen molar-refractivity contribution in [2.24, 2.45) is 7.05 Å². The smallest absolute Gasteiger partial charge is 0.250 e. The molecule has 0 N–H and O–H groups in total. The fourth-order valence-electron chi connectivity index (χ4n) is 4.32. The van der Waals surface area contributed by atoms with Crippen molar-refractivity contribution in [1.82, 2.24) is 4.57 Å². The number of benzene rings is 2. The van der Waals surface area contributed by atoms with Crippen LogP contribution < -0.4 is 10.5 Å². The van der Waals surface area contributed by atoms with Gasteiger partial charge in [0.25, 0.3) is 5.56 Å². The zero-order valence-electron chi connectivity index (χ0n) is 15.4. The van der Waals surface area contributed by atoms with Gasteiger partial charge in [0.15, 0.2) is 0 Å². The number of piperidine rings is 1. The third-order valence-electron chi connectivity index (χ3n) is 5.92. The van der Waals surface area contributed by atoms with Gasteiger partial charge in [-0.3, -0.25) is 4.79 Å². The second kappa shape index (κ2) is 6.54. The van der Waals surface area contributed by atoms with Gasteiger partial charge in [0.05, 0.1) is 11.2 Å². The van der Waals surface area contributed by atoms with Crippen molar-refractivity contribution in [3.05, 3.63) is 75.9 Å². The van der Waals surface area contributed by atoms with Crippen LogP contribution in [0.4, 0.5) is 5.69 Å². The highest BCUT2D eigenvalue weighted by molar-refractivity contribution is 7.17. The van der Waals surface area contributed by atoms with Crippen LogP contribution >= 0.6 is 11.3 Å². The summed E-state index contributed by atoms with van der Waals surface area (Å²) in [6, 6.07) is 18.9. The summed E-state index contributed by atoms with van der Waals surface area (Å²) in [6.07, 6.45) is 2.34. The van der Waals surface area contributed by atoms with E-state index in [2.05, 4.69) is 52.7 Å². The molecule has 0 unspecified atom stereocenters. The van der Waals surface area contributed by atoms with E-state index in [4.69, 9.17) is 0 Å². The van der Waals surface area contributed by atoms with E-state index in [1.165, 1.54) is 34.2 Å². The largest absolute Gasteiger partial charge is 0.370 e. The first kappa shape index (κ1) is 16.6. The number of fused-ring (bicyclic) bond motifs is 2.